The lowest BCUT2D eigenvalue weighted by atomic mass is 10.2. The molecular formula is C17H20F5IO4. The fourth-order valence-electron chi connectivity index (χ4n) is 1.97. The topological polar surface area (TPSA) is 44.8 Å². The van der Waals surface area contributed by atoms with Crippen LogP contribution in [0.1, 0.15) is 32.1 Å². The second kappa shape index (κ2) is 13.2. The summed E-state index contributed by atoms with van der Waals surface area (Å²) in [5.41, 5.74) is 0. The van der Waals surface area contributed by atoms with Crippen molar-refractivity contribution in [3.05, 3.63) is 29.1 Å². The summed E-state index contributed by atoms with van der Waals surface area (Å²) in [6.07, 6.45) is 3.97. The molecule has 0 aliphatic rings. The molecule has 0 saturated heterocycles. The van der Waals surface area contributed by atoms with Gasteiger partial charge in [-0.15, -0.1) is 0 Å². The molecule has 0 radical (unpaired) electrons. The summed E-state index contributed by atoms with van der Waals surface area (Å²) in [7, 11) is 0. The molecule has 1 rings (SSSR count). The minimum Gasteiger partial charge on any atom is -0.420 e. The zero-order valence-corrected chi connectivity index (χ0v) is 16.6. The molecule has 0 atom stereocenters. The van der Waals surface area contributed by atoms with Gasteiger partial charge in [0.15, 0.2) is 0 Å². The molecule has 0 aliphatic heterocycles. The Balaban J connectivity index is 2.22. The van der Waals surface area contributed by atoms with Crippen LogP contribution in [-0.2, 0) is 14.3 Å². The smallest absolute Gasteiger partial charge is 0.313 e. The lowest BCUT2D eigenvalue weighted by molar-refractivity contribution is -0.136. The molecule has 0 saturated carbocycles. The van der Waals surface area contributed by atoms with Crippen LogP contribution >= 0.6 is 22.6 Å². The molecule has 1 aromatic carbocycles. The maximum absolute atomic E-state index is 13.4. The van der Waals surface area contributed by atoms with E-state index in [1.807, 2.05) is 0 Å². The van der Waals surface area contributed by atoms with Crippen molar-refractivity contribution in [3.63, 3.8) is 0 Å². The van der Waals surface area contributed by atoms with Gasteiger partial charge < -0.3 is 14.2 Å². The predicted molar refractivity (Wildman–Crippen MR) is 95.5 cm³/mol. The molecule has 27 heavy (non-hydrogen) atoms. The number of carbonyl (C=O) groups is 1. The molecule has 1 aromatic rings. The van der Waals surface area contributed by atoms with Crippen LogP contribution in [0.25, 0.3) is 0 Å². The molecular weight excluding hydrogens is 490 g/mol. The molecule has 0 unspecified atom stereocenters. The average molecular weight is 510 g/mol. The van der Waals surface area contributed by atoms with Crippen LogP contribution in [0.3, 0.4) is 0 Å². The van der Waals surface area contributed by atoms with Crippen LogP contribution in [0.5, 0.6) is 5.75 Å². The van der Waals surface area contributed by atoms with E-state index >= 15 is 0 Å². The number of rotatable bonds is 13. The zero-order chi connectivity index (χ0) is 20.2. The fourth-order valence-corrected chi connectivity index (χ4v) is 2.51. The Morgan fingerprint density at radius 1 is 0.704 bits per heavy atom. The first-order valence-electron chi connectivity index (χ1n) is 8.33. The predicted octanol–water partition coefficient (Wildman–Crippen LogP) is 4.71. The molecule has 0 bridgehead atoms. The highest BCUT2D eigenvalue weighted by Gasteiger charge is 2.28. The van der Waals surface area contributed by atoms with Gasteiger partial charge in [-0.3, -0.25) is 4.79 Å². The first kappa shape index (κ1) is 24.0. The Morgan fingerprint density at radius 2 is 1.22 bits per heavy atom. The third kappa shape index (κ3) is 8.26. The third-order valence-electron chi connectivity index (χ3n) is 3.38. The maximum atomic E-state index is 13.4. The van der Waals surface area contributed by atoms with Crippen molar-refractivity contribution in [2.75, 3.05) is 30.9 Å². The van der Waals surface area contributed by atoms with Gasteiger partial charge in [0.25, 0.3) is 0 Å². The number of benzene rings is 1. The van der Waals surface area contributed by atoms with Gasteiger partial charge >= 0.3 is 5.97 Å². The van der Waals surface area contributed by atoms with E-state index < -0.39 is 47.2 Å². The second-order valence-corrected chi connectivity index (χ2v) is 6.53. The van der Waals surface area contributed by atoms with Crippen molar-refractivity contribution in [3.8, 4) is 5.75 Å². The number of ether oxygens (including phenoxy) is 3. The van der Waals surface area contributed by atoms with Gasteiger partial charge in [-0.05, 0) is 17.3 Å². The summed E-state index contributed by atoms with van der Waals surface area (Å²) in [6.45, 7) is 0.975. The lowest BCUT2D eigenvalue weighted by Crippen LogP contribution is -2.16. The number of alkyl halides is 1. The second-order valence-electron chi connectivity index (χ2n) is 5.45. The molecule has 0 amide bonds. The summed E-state index contributed by atoms with van der Waals surface area (Å²) in [5.74, 6) is -13.9. The Kier molecular flexibility index (Phi) is 11.8. The van der Waals surface area contributed by atoms with Gasteiger partial charge in [0.2, 0.25) is 34.8 Å². The quantitative estimate of drug-likeness (QED) is 0.0564. The van der Waals surface area contributed by atoms with Gasteiger partial charge in [0.1, 0.15) is 0 Å². The maximum Gasteiger partial charge on any atom is 0.313 e. The number of carbonyl (C=O) groups excluding carboxylic acids is 1. The summed E-state index contributed by atoms with van der Waals surface area (Å²) in [6, 6.07) is 0. The first-order chi connectivity index (χ1) is 12.9. The highest BCUT2D eigenvalue weighted by atomic mass is 127. The summed E-state index contributed by atoms with van der Waals surface area (Å²) < 4.78 is 81.4. The van der Waals surface area contributed by atoms with Gasteiger partial charge in [0.05, 0.1) is 26.2 Å². The molecule has 0 heterocycles. The standard InChI is InChI=1S/C17H20F5IO4/c18-12-13(19)15(21)17(16(22)14(12)20)27-11(24)5-8-26-10-9-25-7-4-2-1-3-6-23/h1-10H2. The molecule has 4 nitrogen and oxygen atoms in total. The van der Waals surface area contributed by atoms with Crippen molar-refractivity contribution in [1.29, 1.82) is 0 Å². The minimum absolute atomic E-state index is 0.146. The Morgan fingerprint density at radius 3 is 1.81 bits per heavy atom. The highest BCUT2D eigenvalue weighted by molar-refractivity contribution is 14.1. The van der Waals surface area contributed by atoms with E-state index in [1.54, 1.807) is 0 Å². The van der Waals surface area contributed by atoms with E-state index in [0.717, 1.165) is 23.7 Å². The number of esters is 1. The van der Waals surface area contributed by atoms with Crippen LogP contribution < -0.4 is 4.74 Å². The summed E-state index contributed by atoms with van der Waals surface area (Å²) >= 11 is 2.33. The van der Waals surface area contributed by atoms with Crippen molar-refractivity contribution >= 4 is 28.6 Å². The highest BCUT2D eigenvalue weighted by Crippen LogP contribution is 2.29. The largest absolute Gasteiger partial charge is 0.420 e. The van der Waals surface area contributed by atoms with Crippen molar-refractivity contribution in [2.45, 2.75) is 32.1 Å². The van der Waals surface area contributed by atoms with Crippen molar-refractivity contribution in [1.82, 2.24) is 0 Å². The van der Waals surface area contributed by atoms with Gasteiger partial charge in [-0.2, -0.15) is 8.78 Å². The average Bonchev–Trinajstić information content (AvgIpc) is 2.66. The van der Waals surface area contributed by atoms with Crippen LogP contribution in [0, 0.1) is 29.1 Å². The normalized spacial score (nSPS) is 11.0. The molecule has 10 heteroatoms. The Bertz CT molecular complexity index is 586. The van der Waals surface area contributed by atoms with E-state index in [-0.39, 0.29) is 13.2 Å². The molecule has 0 aliphatic carbocycles. The monoisotopic (exact) mass is 510 g/mol. The Hall–Kier alpha value is -1.01. The van der Waals surface area contributed by atoms with E-state index in [2.05, 4.69) is 27.3 Å². The lowest BCUT2D eigenvalue weighted by Gasteiger charge is -2.09. The summed E-state index contributed by atoms with van der Waals surface area (Å²) in [4.78, 5) is 11.5. The van der Waals surface area contributed by atoms with E-state index in [0.29, 0.717) is 13.2 Å². The zero-order valence-electron chi connectivity index (χ0n) is 14.5. The molecule has 0 N–H and O–H groups in total. The Labute approximate surface area is 167 Å². The van der Waals surface area contributed by atoms with Crippen LogP contribution in [0.15, 0.2) is 0 Å². The van der Waals surface area contributed by atoms with Crippen molar-refractivity contribution in [2.24, 2.45) is 0 Å². The number of hydrogen-bond donors (Lipinski definition) is 0. The molecule has 0 fully saturated rings. The minimum atomic E-state index is -2.32. The van der Waals surface area contributed by atoms with Gasteiger partial charge in [0, 0.05) is 6.61 Å². The summed E-state index contributed by atoms with van der Waals surface area (Å²) in [5, 5.41) is 0. The molecule has 0 spiro atoms. The van der Waals surface area contributed by atoms with Crippen LogP contribution in [0.2, 0.25) is 0 Å². The fraction of sp³-hybridized carbons (Fsp3) is 0.588. The van der Waals surface area contributed by atoms with Gasteiger partial charge in [-0.25, -0.2) is 13.2 Å². The molecule has 0 aromatic heterocycles. The van der Waals surface area contributed by atoms with E-state index in [4.69, 9.17) is 9.47 Å². The van der Waals surface area contributed by atoms with Gasteiger partial charge in [-0.1, -0.05) is 35.4 Å². The van der Waals surface area contributed by atoms with E-state index in [1.165, 1.54) is 6.42 Å². The molecule has 154 valence electrons. The first-order valence-corrected chi connectivity index (χ1v) is 9.86. The number of halogens is 6. The van der Waals surface area contributed by atoms with Crippen LogP contribution in [-0.4, -0.2) is 36.8 Å². The number of hydrogen-bond acceptors (Lipinski definition) is 4. The van der Waals surface area contributed by atoms with Crippen LogP contribution in [0.4, 0.5) is 22.0 Å². The number of unbranched alkanes of at least 4 members (excludes halogenated alkanes) is 3. The third-order valence-corrected chi connectivity index (χ3v) is 4.14. The van der Waals surface area contributed by atoms with Crippen molar-refractivity contribution < 1.29 is 41.0 Å². The SMILES string of the molecule is O=C(CCOCCOCCCCCCI)Oc1c(F)c(F)c(F)c(F)c1F. The van der Waals surface area contributed by atoms with E-state index in [9.17, 15) is 26.7 Å².